The Morgan fingerprint density at radius 2 is 1.82 bits per heavy atom. The van der Waals surface area contributed by atoms with Crippen LogP contribution in [0.2, 0.25) is 10.0 Å². The van der Waals surface area contributed by atoms with Crippen LogP contribution in [-0.4, -0.2) is 0 Å². The van der Waals surface area contributed by atoms with Crippen molar-refractivity contribution < 1.29 is 0 Å². The molecule has 0 bridgehead atoms. The maximum atomic E-state index is 6.20. The van der Waals surface area contributed by atoms with E-state index in [9.17, 15) is 0 Å². The Morgan fingerprint density at radius 3 is 2.53 bits per heavy atom. The van der Waals surface area contributed by atoms with Crippen molar-refractivity contribution >= 4 is 40.3 Å². The van der Waals surface area contributed by atoms with E-state index >= 15 is 0 Å². The Morgan fingerprint density at radius 1 is 1.06 bits per heavy atom. The van der Waals surface area contributed by atoms with Gasteiger partial charge in [0.15, 0.2) is 0 Å². The molecule has 2 rings (SSSR count). The number of rotatable bonds is 2. The van der Waals surface area contributed by atoms with E-state index in [1.807, 2.05) is 31.2 Å². The molecule has 0 atom stereocenters. The molecule has 0 amide bonds. The van der Waals surface area contributed by atoms with Gasteiger partial charge in [-0.25, -0.2) is 0 Å². The molecule has 2 aromatic rings. The molecule has 2 nitrogen and oxygen atoms in total. The molecule has 0 unspecified atom stereocenters. The van der Waals surface area contributed by atoms with E-state index in [2.05, 4.69) is 5.32 Å². The van der Waals surface area contributed by atoms with E-state index < -0.39 is 0 Å². The number of aryl methyl sites for hydroxylation is 1. The maximum Gasteiger partial charge on any atom is 0.0670 e. The van der Waals surface area contributed by atoms with Gasteiger partial charge in [0.1, 0.15) is 0 Å². The van der Waals surface area contributed by atoms with Crippen LogP contribution < -0.4 is 11.1 Å². The summed E-state index contributed by atoms with van der Waals surface area (Å²) < 4.78 is 0. The number of hydrogen-bond acceptors (Lipinski definition) is 2. The summed E-state index contributed by atoms with van der Waals surface area (Å²) in [6.45, 7) is 1.96. The first kappa shape index (κ1) is 12.1. The third-order valence-electron chi connectivity index (χ3n) is 2.47. The number of nitrogens with two attached hydrogens (primary N) is 1. The third-order valence-corrected chi connectivity index (χ3v) is 3.21. The van der Waals surface area contributed by atoms with Crippen LogP contribution in [0.25, 0.3) is 0 Å². The fraction of sp³-hybridized carbons (Fsp3) is 0.0769. The largest absolute Gasteiger partial charge is 0.397 e. The lowest BCUT2D eigenvalue weighted by Gasteiger charge is -2.12. The van der Waals surface area contributed by atoms with Gasteiger partial charge < -0.3 is 11.1 Å². The molecule has 17 heavy (non-hydrogen) atoms. The van der Waals surface area contributed by atoms with Gasteiger partial charge in [-0.3, -0.25) is 0 Å². The highest BCUT2D eigenvalue weighted by molar-refractivity contribution is 6.34. The van der Waals surface area contributed by atoms with Crippen molar-refractivity contribution in [3.8, 4) is 0 Å². The minimum atomic E-state index is 0.593. The van der Waals surface area contributed by atoms with E-state index in [0.29, 0.717) is 15.7 Å². The number of nitrogen functional groups attached to an aromatic ring is 1. The van der Waals surface area contributed by atoms with Gasteiger partial charge in [-0.05, 0) is 36.8 Å². The second-order valence-electron chi connectivity index (χ2n) is 3.79. The highest BCUT2D eigenvalue weighted by Crippen LogP contribution is 2.31. The van der Waals surface area contributed by atoms with Gasteiger partial charge in [0.25, 0.3) is 0 Å². The normalized spacial score (nSPS) is 10.3. The molecule has 0 heterocycles. The van der Waals surface area contributed by atoms with Crippen molar-refractivity contribution in [2.24, 2.45) is 0 Å². The van der Waals surface area contributed by atoms with E-state index in [1.54, 1.807) is 12.1 Å². The minimum absolute atomic E-state index is 0.593. The van der Waals surface area contributed by atoms with Gasteiger partial charge in [0.05, 0.1) is 22.1 Å². The van der Waals surface area contributed by atoms with Crippen LogP contribution in [-0.2, 0) is 0 Å². The molecule has 0 aliphatic rings. The number of benzene rings is 2. The lowest BCUT2D eigenvalue weighted by atomic mass is 10.2. The Balaban J connectivity index is 2.35. The number of nitrogens with one attached hydrogen (secondary N) is 1. The Bertz CT molecular complexity index is 553. The SMILES string of the molecule is Cc1cccc(Nc2ccc(Cl)cc2N)c1Cl. The summed E-state index contributed by atoms with van der Waals surface area (Å²) in [6, 6.07) is 11.1. The molecular weight excluding hydrogens is 255 g/mol. The van der Waals surface area contributed by atoms with Crippen molar-refractivity contribution in [1.29, 1.82) is 0 Å². The summed E-state index contributed by atoms with van der Waals surface area (Å²) >= 11 is 12.0. The average Bonchev–Trinajstić information content (AvgIpc) is 2.28. The number of hydrogen-bond donors (Lipinski definition) is 2. The second kappa shape index (κ2) is 4.86. The Hall–Kier alpha value is -1.38. The Kier molecular flexibility index (Phi) is 3.46. The van der Waals surface area contributed by atoms with Crippen LogP contribution in [0.3, 0.4) is 0 Å². The van der Waals surface area contributed by atoms with Crippen LogP contribution in [0, 0.1) is 6.92 Å². The predicted molar refractivity (Wildman–Crippen MR) is 75.3 cm³/mol. The molecule has 0 aliphatic carbocycles. The lowest BCUT2D eigenvalue weighted by molar-refractivity contribution is 1.45. The molecular formula is C13H12Cl2N2. The number of halogens is 2. The zero-order valence-electron chi connectivity index (χ0n) is 9.30. The molecule has 3 N–H and O–H groups in total. The molecule has 0 aliphatic heterocycles. The molecule has 0 saturated heterocycles. The van der Waals surface area contributed by atoms with Gasteiger partial charge in [0, 0.05) is 5.02 Å². The monoisotopic (exact) mass is 266 g/mol. The fourth-order valence-electron chi connectivity index (χ4n) is 1.54. The molecule has 0 saturated carbocycles. The summed E-state index contributed by atoms with van der Waals surface area (Å²) in [5.74, 6) is 0. The van der Waals surface area contributed by atoms with Crippen molar-refractivity contribution in [2.75, 3.05) is 11.1 Å². The summed E-state index contributed by atoms with van der Waals surface area (Å²) in [4.78, 5) is 0. The first-order valence-corrected chi connectivity index (χ1v) is 5.90. The van der Waals surface area contributed by atoms with Crippen molar-refractivity contribution in [3.63, 3.8) is 0 Å². The fourth-order valence-corrected chi connectivity index (χ4v) is 1.89. The second-order valence-corrected chi connectivity index (χ2v) is 4.61. The third kappa shape index (κ3) is 2.65. The van der Waals surface area contributed by atoms with Crippen molar-refractivity contribution in [3.05, 3.63) is 52.0 Å². The molecule has 0 aromatic heterocycles. The van der Waals surface area contributed by atoms with Gasteiger partial charge >= 0.3 is 0 Å². The van der Waals surface area contributed by atoms with E-state index in [4.69, 9.17) is 28.9 Å². The first-order chi connectivity index (χ1) is 8.08. The zero-order chi connectivity index (χ0) is 12.4. The quantitative estimate of drug-likeness (QED) is 0.778. The molecule has 0 radical (unpaired) electrons. The smallest absolute Gasteiger partial charge is 0.0670 e. The average molecular weight is 267 g/mol. The van der Waals surface area contributed by atoms with E-state index in [0.717, 1.165) is 16.9 Å². The summed E-state index contributed by atoms with van der Waals surface area (Å²) in [5.41, 5.74) is 9.11. The first-order valence-electron chi connectivity index (χ1n) is 5.15. The maximum absolute atomic E-state index is 6.20. The topological polar surface area (TPSA) is 38.0 Å². The van der Waals surface area contributed by atoms with Crippen LogP contribution in [0.4, 0.5) is 17.1 Å². The zero-order valence-corrected chi connectivity index (χ0v) is 10.8. The highest BCUT2D eigenvalue weighted by Gasteiger charge is 2.05. The van der Waals surface area contributed by atoms with Gasteiger partial charge in [0.2, 0.25) is 0 Å². The van der Waals surface area contributed by atoms with Crippen LogP contribution in [0.5, 0.6) is 0 Å². The van der Waals surface area contributed by atoms with Crippen LogP contribution in [0.1, 0.15) is 5.56 Å². The van der Waals surface area contributed by atoms with E-state index in [1.165, 1.54) is 0 Å². The summed E-state index contributed by atoms with van der Waals surface area (Å²) in [5, 5.41) is 4.50. The van der Waals surface area contributed by atoms with Gasteiger partial charge in [-0.2, -0.15) is 0 Å². The summed E-state index contributed by atoms with van der Waals surface area (Å²) in [6.07, 6.45) is 0. The van der Waals surface area contributed by atoms with Gasteiger partial charge in [-0.15, -0.1) is 0 Å². The van der Waals surface area contributed by atoms with Gasteiger partial charge in [-0.1, -0.05) is 35.3 Å². The van der Waals surface area contributed by atoms with Crippen LogP contribution >= 0.6 is 23.2 Å². The molecule has 0 fully saturated rings. The number of anilines is 3. The summed E-state index contributed by atoms with van der Waals surface area (Å²) in [7, 11) is 0. The van der Waals surface area contributed by atoms with E-state index in [-0.39, 0.29) is 0 Å². The lowest BCUT2D eigenvalue weighted by Crippen LogP contribution is -1.97. The molecule has 2 aromatic carbocycles. The standard InChI is InChI=1S/C13H12Cl2N2/c1-8-3-2-4-12(13(8)15)17-11-6-5-9(14)7-10(11)16/h2-7,17H,16H2,1H3. The van der Waals surface area contributed by atoms with Crippen LogP contribution in [0.15, 0.2) is 36.4 Å². The van der Waals surface area contributed by atoms with Crippen molar-refractivity contribution in [2.45, 2.75) is 6.92 Å². The minimum Gasteiger partial charge on any atom is -0.397 e. The molecule has 0 spiro atoms. The molecule has 4 heteroatoms. The predicted octanol–water partition coefficient (Wildman–Crippen LogP) is 4.63. The van der Waals surface area contributed by atoms with Crippen molar-refractivity contribution in [1.82, 2.24) is 0 Å². The molecule has 88 valence electrons. The Labute approximate surface area is 110 Å². The highest BCUT2D eigenvalue weighted by atomic mass is 35.5.